The van der Waals surface area contributed by atoms with E-state index in [-0.39, 0.29) is 0 Å². The molecular formula is C14H19Br. The zero-order valence-electron chi connectivity index (χ0n) is 9.81. The van der Waals surface area contributed by atoms with Crippen LogP contribution in [0.3, 0.4) is 0 Å². The van der Waals surface area contributed by atoms with E-state index in [1.165, 1.54) is 30.4 Å². The Bertz CT molecular complexity index is 341. The van der Waals surface area contributed by atoms with E-state index in [4.69, 9.17) is 0 Å². The summed E-state index contributed by atoms with van der Waals surface area (Å²) in [4.78, 5) is 0.643. The summed E-state index contributed by atoms with van der Waals surface area (Å²) in [6.07, 6.45) is 4.01. The molecule has 0 nitrogen and oxygen atoms in total. The van der Waals surface area contributed by atoms with Crippen LogP contribution in [0.25, 0.3) is 0 Å². The zero-order valence-corrected chi connectivity index (χ0v) is 11.4. The molecule has 82 valence electrons. The third kappa shape index (κ3) is 2.13. The van der Waals surface area contributed by atoms with E-state index in [2.05, 4.69) is 54.9 Å². The van der Waals surface area contributed by atoms with Gasteiger partial charge in [-0.1, -0.05) is 41.1 Å². The van der Waals surface area contributed by atoms with Gasteiger partial charge in [0.05, 0.1) is 0 Å². The molecule has 0 spiro atoms. The summed E-state index contributed by atoms with van der Waals surface area (Å²) in [6, 6.07) is 6.62. The van der Waals surface area contributed by atoms with E-state index in [9.17, 15) is 0 Å². The van der Waals surface area contributed by atoms with Crippen LogP contribution in [0.2, 0.25) is 0 Å². The average Bonchev–Trinajstić information content (AvgIpc) is 2.93. The predicted molar refractivity (Wildman–Crippen MR) is 69.7 cm³/mol. The highest BCUT2D eigenvalue weighted by molar-refractivity contribution is 9.09. The number of aryl methyl sites for hydroxylation is 2. The normalized spacial score (nSPS) is 20.0. The van der Waals surface area contributed by atoms with Crippen molar-refractivity contribution in [2.45, 2.75) is 44.9 Å². The number of alkyl halides is 1. The molecule has 1 aromatic rings. The monoisotopic (exact) mass is 266 g/mol. The number of rotatable bonds is 3. The van der Waals surface area contributed by atoms with Crippen LogP contribution in [-0.4, -0.2) is 4.83 Å². The molecule has 1 fully saturated rings. The lowest BCUT2D eigenvalue weighted by Gasteiger charge is -2.20. The second kappa shape index (κ2) is 3.93. The third-order valence-electron chi connectivity index (χ3n) is 3.91. The lowest BCUT2D eigenvalue weighted by molar-refractivity contribution is 0.506. The zero-order chi connectivity index (χ0) is 11.1. The first-order chi connectivity index (χ1) is 7.05. The maximum absolute atomic E-state index is 3.77. The minimum absolute atomic E-state index is 0.552. The quantitative estimate of drug-likeness (QED) is 0.711. The molecule has 0 N–H and O–H groups in total. The summed E-state index contributed by atoms with van der Waals surface area (Å²) >= 11 is 3.77. The fourth-order valence-corrected chi connectivity index (χ4v) is 2.98. The Morgan fingerprint density at radius 3 is 2.20 bits per heavy atom. The Hall–Kier alpha value is -0.300. The van der Waals surface area contributed by atoms with E-state index in [1.54, 1.807) is 5.56 Å². The van der Waals surface area contributed by atoms with Crippen LogP contribution < -0.4 is 0 Å². The molecule has 0 aromatic heterocycles. The van der Waals surface area contributed by atoms with Gasteiger partial charge in [-0.2, -0.15) is 0 Å². The van der Waals surface area contributed by atoms with Crippen molar-refractivity contribution in [1.82, 2.24) is 0 Å². The van der Waals surface area contributed by atoms with Gasteiger partial charge >= 0.3 is 0 Å². The van der Waals surface area contributed by atoms with E-state index in [0.29, 0.717) is 10.2 Å². The first kappa shape index (κ1) is 11.2. The molecule has 1 aromatic carbocycles. The van der Waals surface area contributed by atoms with Gasteiger partial charge in [-0.25, -0.2) is 0 Å². The first-order valence-corrected chi connectivity index (χ1v) is 6.66. The largest absolute Gasteiger partial charge is 0.0888 e. The van der Waals surface area contributed by atoms with E-state index in [1.807, 2.05) is 0 Å². The molecule has 1 unspecified atom stereocenters. The van der Waals surface area contributed by atoms with Gasteiger partial charge in [-0.3, -0.25) is 0 Å². The number of halogens is 1. The summed E-state index contributed by atoms with van der Waals surface area (Å²) < 4.78 is 0. The van der Waals surface area contributed by atoms with Crippen molar-refractivity contribution in [3.05, 3.63) is 34.9 Å². The Balaban J connectivity index is 2.25. The second-order valence-corrected chi connectivity index (χ2v) is 6.40. The summed E-state index contributed by atoms with van der Waals surface area (Å²) in [5.74, 6) is 0. The minimum atomic E-state index is 0.552. The third-order valence-corrected chi connectivity index (χ3v) is 4.88. The van der Waals surface area contributed by atoms with Crippen LogP contribution in [0.4, 0.5) is 0 Å². The van der Waals surface area contributed by atoms with Gasteiger partial charge in [-0.05, 0) is 55.2 Å². The molecule has 0 radical (unpaired) electrons. The van der Waals surface area contributed by atoms with Crippen molar-refractivity contribution < 1.29 is 0 Å². The van der Waals surface area contributed by atoms with Crippen LogP contribution in [0.5, 0.6) is 0 Å². The minimum Gasteiger partial charge on any atom is -0.0888 e. The van der Waals surface area contributed by atoms with E-state index < -0.39 is 0 Å². The molecular weight excluding hydrogens is 248 g/mol. The molecule has 2 rings (SSSR count). The number of hydrogen-bond donors (Lipinski definition) is 0. The van der Waals surface area contributed by atoms with Crippen molar-refractivity contribution in [2.75, 3.05) is 0 Å². The Morgan fingerprint density at radius 1 is 1.27 bits per heavy atom. The highest BCUT2D eigenvalue weighted by Crippen LogP contribution is 2.54. The SMILES string of the molecule is Cc1cccc(C)c1CC1(C(C)Br)CC1. The van der Waals surface area contributed by atoms with Crippen LogP contribution >= 0.6 is 15.9 Å². The number of hydrogen-bond acceptors (Lipinski definition) is 0. The summed E-state index contributed by atoms with van der Waals surface area (Å²) in [7, 11) is 0. The highest BCUT2D eigenvalue weighted by Gasteiger charge is 2.46. The Labute approximate surface area is 101 Å². The van der Waals surface area contributed by atoms with Gasteiger partial charge in [0, 0.05) is 4.83 Å². The maximum atomic E-state index is 3.77. The Morgan fingerprint density at radius 2 is 1.80 bits per heavy atom. The lowest BCUT2D eigenvalue weighted by atomic mass is 9.89. The smallest absolute Gasteiger partial charge is 0.0177 e. The van der Waals surface area contributed by atoms with E-state index >= 15 is 0 Å². The molecule has 1 saturated carbocycles. The topological polar surface area (TPSA) is 0 Å². The van der Waals surface area contributed by atoms with Crippen LogP contribution in [0.1, 0.15) is 36.5 Å². The van der Waals surface area contributed by atoms with E-state index in [0.717, 1.165) is 0 Å². The average molecular weight is 267 g/mol. The molecule has 1 aliphatic rings. The maximum Gasteiger partial charge on any atom is 0.0177 e. The van der Waals surface area contributed by atoms with Crippen LogP contribution in [0, 0.1) is 19.3 Å². The summed E-state index contributed by atoms with van der Waals surface area (Å²) in [5, 5.41) is 0. The Kier molecular flexibility index (Phi) is 2.94. The standard InChI is InChI=1S/C14H19Br/c1-10-5-4-6-11(2)13(10)9-14(7-8-14)12(3)15/h4-6,12H,7-9H2,1-3H3. The molecule has 0 amide bonds. The van der Waals surface area contributed by atoms with Gasteiger partial charge < -0.3 is 0 Å². The fourth-order valence-electron chi connectivity index (χ4n) is 2.36. The molecule has 1 heteroatoms. The lowest BCUT2D eigenvalue weighted by Crippen LogP contribution is -2.16. The van der Waals surface area contributed by atoms with Gasteiger partial charge in [-0.15, -0.1) is 0 Å². The van der Waals surface area contributed by atoms with Gasteiger partial charge in [0.1, 0.15) is 0 Å². The molecule has 0 bridgehead atoms. The summed E-state index contributed by atoms with van der Waals surface area (Å²) in [5.41, 5.74) is 5.03. The van der Waals surface area contributed by atoms with Crippen molar-refractivity contribution in [3.8, 4) is 0 Å². The number of benzene rings is 1. The van der Waals surface area contributed by atoms with Crippen LogP contribution in [-0.2, 0) is 6.42 Å². The molecule has 0 aliphatic heterocycles. The molecule has 0 saturated heterocycles. The molecule has 15 heavy (non-hydrogen) atoms. The van der Waals surface area contributed by atoms with Crippen molar-refractivity contribution in [1.29, 1.82) is 0 Å². The van der Waals surface area contributed by atoms with Crippen molar-refractivity contribution in [3.63, 3.8) is 0 Å². The van der Waals surface area contributed by atoms with Gasteiger partial charge in [0.15, 0.2) is 0 Å². The molecule has 1 atom stereocenters. The van der Waals surface area contributed by atoms with Gasteiger partial charge in [0.2, 0.25) is 0 Å². The van der Waals surface area contributed by atoms with Crippen LogP contribution in [0.15, 0.2) is 18.2 Å². The predicted octanol–water partition coefficient (Wildman–Crippen LogP) is 4.41. The second-order valence-electron chi connectivity index (χ2n) is 5.03. The fraction of sp³-hybridized carbons (Fsp3) is 0.571. The van der Waals surface area contributed by atoms with Crippen molar-refractivity contribution in [2.24, 2.45) is 5.41 Å². The van der Waals surface area contributed by atoms with Crippen molar-refractivity contribution >= 4 is 15.9 Å². The molecule has 0 heterocycles. The highest BCUT2D eigenvalue weighted by atomic mass is 79.9. The molecule has 1 aliphatic carbocycles. The first-order valence-electron chi connectivity index (χ1n) is 5.74. The van der Waals surface area contributed by atoms with Gasteiger partial charge in [0.25, 0.3) is 0 Å². The summed E-state index contributed by atoms with van der Waals surface area (Å²) in [6.45, 7) is 6.76.